The van der Waals surface area contributed by atoms with Gasteiger partial charge in [-0.15, -0.1) is 24.0 Å². The van der Waals surface area contributed by atoms with E-state index in [1.165, 1.54) is 6.42 Å². The summed E-state index contributed by atoms with van der Waals surface area (Å²) in [5, 5.41) is 3.13. The van der Waals surface area contributed by atoms with Crippen molar-refractivity contribution in [2.45, 2.75) is 52.7 Å². The number of ether oxygens (including phenoxy) is 1. The lowest BCUT2D eigenvalue weighted by atomic mass is 9.68. The van der Waals surface area contributed by atoms with E-state index in [1.54, 1.807) is 0 Å². The molecule has 3 N–H and O–H groups in total. The fourth-order valence-electron chi connectivity index (χ4n) is 2.33. The van der Waals surface area contributed by atoms with Crippen molar-refractivity contribution in [3.05, 3.63) is 24.3 Å². The van der Waals surface area contributed by atoms with Gasteiger partial charge < -0.3 is 15.8 Å². The van der Waals surface area contributed by atoms with E-state index in [-0.39, 0.29) is 35.5 Å². The Morgan fingerprint density at radius 3 is 2.38 bits per heavy atom. The van der Waals surface area contributed by atoms with E-state index in [2.05, 4.69) is 24.2 Å². The second-order valence-electron chi connectivity index (χ2n) is 6.37. The topological polar surface area (TPSA) is 59.6 Å². The molecule has 0 aromatic heterocycles. The van der Waals surface area contributed by atoms with Crippen LogP contribution in [0.25, 0.3) is 0 Å². The van der Waals surface area contributed by atoms with E-state index in [0.717, 1.165) is 17.9 Å². The predicted octanol–water partition coefficient (Wildman–Crippen LogP) is 4.01. The van der Waals surface area contributed by atoms with Crippen LogP contribution in [0.2, 0.25) is 0 Å². The van der Waals surface area contributed by atoms with Crippen LogP contribution < -0.4 is 15.8 Å². The molecule has 1 aromatic rings. The van der Waals surface area contributed by atoms with E-state index < -0.39 is 0 Å². The number of benzene rings is 1. The van der Waals surface area contributed by atoms with Crippen LogP contribution >= 0.6 is 24.0 Å². The van der Waals surface area contributed by atoms with Gasteiger partial charge in [-0.25, -0.2) is 4.99 Å². The molecule has 1 saturated carbocycles. The smallest absolute Gasteiger partial charge is 0.193 e. The number of rotatable bonds is 4. The zero-order chi connectivity index (χ0) is 14.8. The van der Waals surface area contributed by atoms with Gasteiger partial charge in [0, 0.05) is 5.69 Å². The Kier molecular flexibility index (Phi) is 6.31. The van der Waals surface area contributed by atoms with Gasteiger partial charge in [-0.2, -0.15) is 0 Å². The summed E-state index contributed by atoms with van der Waals surface area (Å²) in [6.45, 7) is 8.49. The number of guanidine groups is 1. The summed E-state index contributed by atoms with van der Waals surface area (Å²) in [7, 11) is 0. The molecule has 0 radical (unpaired) electrons. The van der Waals surface area contributed by atoms with E-state index in [1.807, 2.05) is 38.1 Å². The first-order valence-electron chi connectivity index (χ1n) is 7.24. The lowest BCUT2D eigenvalue weighted by Crippen LogP contribution is -2.40. The van der Waals surface area contributed by atoms with Crippen molar-refractivity contribution in [3.8, 4) is 5.75 Å². The second-order valence-corrected chi connectivity index (χ2v) is 6.37. The van der Waals surface area contributed by atoms with Crippen molar-refractivity contribution in [2.24, 2.45) is 16.1 Å². The van der Waals surface area contributed by atoms with Gasteiger partial charge in [0.25, 0.3) is 0 Å². The summed E-state index contributed by atoms with van der Waals surface area (Å²) in [6.07, 6.45) is 2.52. The maximum Gasteiger partial charge on any atom is 0.193 e. The zero-order valence-electron chi connectivity index (χ0n) is 13.2. The van der Waals surface area contributed by atoms with E-state index in [9.17, 15) is 0 Å². The first-order valence-corrected chi connectivity index (χ1v) is 7.24. The highest BCUT2D eigenvalue weighted by molar-refractivity contribution is 14.0. The van der Waals surface area contributed by atoms with Crippen LogP contribution in [0, 0.1) is 5.41 Å². The van der Waals surface area contributed by atoms with Gasteiger partial charge in [0.2, 0.25) is 0 Å². The van der Waals surface area contributed by atoms with Crippen LogP contribution in [0.3, 0.4) is 0 Å². The third kappa shape index (κ3) is 5.05. The van der Waals surface area contributed by atoms with Crippen molar-refractivity contribution >= 4 is 35.6 Å². The minimum atomic E-state index is 0. The fourth-order valence-corrected chi connectivity index (χ4v) is 2.33. The molecule has 118 valence electrons. The summed E-state index contributed by atoms with van der Waals surface area (Å²) < 4.78 is 5.60. The zero-order valence-corrected chi connectivity index (χ0v) is 15.5. The van der Waals surface area contributed by atoms with Crippen LogP contribution in [-0.4, -0.2) is 18.1 Å². The number of anilines is 1. The Morgan fingerprint density at radius 2 is 1.95 bits per heavy atom. The summed E-state index contributed by atoms with van der Waals surface area (Å²) >= 11 is 0. The fraction of sp³-hybridized carbons (Fsp3) is 0.562. The quantitative estimate of drug-likeness (QED) is 0.454. The highest BCUT2D eigenvalue weighted by atomic mass is 127. The molecule has 2 rings (SSSR count). The SMILES string of the molecule is CC(C)Oc1ccc(NC(N)=NC2CCC2(C)C)cc1.I. The largest absolute Gasteiger partial charge is 0.491 e. The van der Waals surface area contributed by atoms with Crippen LogP contribution in [0.4, 0.5) is 5.69 Å². The third-order valence-corrected chi connectivity index (χ3v) is 3.76. The first-order chi connectivity index (χ1) is 9.37. The highest BCUT2D eigenvalue weighted by Gasteiger charge is 2.38. The normalized spacial score (nSPS) is 20.4. The van der Waals surface area contributed by atoms with Crippen molar-refractivity contribution < 1.29 is 4.74 Å². The molecule has 1 aliphatic carbocycles. The molecule has 0 heterocycles. The molecule has 0 saturated heterocycles. The molecule has 0 amide bonds. The number of hydrogen-bond donors (Lipinski definition) is 2. The summed E-state index contributed by atoms with van der Waals surface area (Å²) in [5.74, 6) is 1.35. The number of nitrogens with two attached hydrogens (primary N) is 1. The molecule has 1 unspecified atom stereocenters. The molecule has 5 heteroatoms. The molecule has 4 nitrogen and oxygen atoms in total. The van der Waals surface area contributed by atoms with E-state index in [0.29, 0.717) is 12.0 Å². The predicted molar refractivity (Wildman–Crippen MR) is 99.7 cm³/mol. The molecule has 21 heavy (non-hydrogen) atoms. The summed E-state index contributed by atoms with van der Waals surface area (Å²) in [4.78, 5) is 4.55. The maximum atomic E-state index is 5.96. The number of nitrogens with zero attached hydrogens (tertiary/aromatic N) is 1. The van der Waals surface area contributed by atoms with Crippen LogP contribution in [0.5, 0.6) is 5.75 Å². The molecule has 0 bridgehead atoms. The third-order valence-electron chi connectivity index (χ3n) is 3.76. The highest BCUT2D eigenvalue weighted by Crippen LogP contribution is 2.42. The number of aliphatic imine (C=N–C) groups is 1. The molecule has 1 fully saturated rings. The average molecular weight is 403 g/mol. The van der Waals surface area contributed by atoms with E-state index >= 15 is 0 Å². The number of halogens is 1. The van der Waals surface area contributed by atoms with Gasteiger partial charge in [0.1, 0.15) is 5.75 Å². The maximum absolute atomic E-state index is 5.96. The van der Waals surface area contributed by atoms with Gasteiger partial charge in [-0.1, -0.05) is 13.8 Å². The van der Waals surface area contributed by atoms with Gasteiger partial charge in [0.05, 0.1) is 12.1 Å². The molecule has 1 aliphatic rings. The van der Waals surface area contributed by atoms with E-state index in [4.69, 9.17) is 10.5 Å². The Hall–Kier alpha value is -0.980. The monoisotopic (exact) mass is 403 g/mol. The molecule has 1 aromatic carbocycles. The average Bonchev–Trinajstić information content (AvgIpc) is 2.37. The minimum absolute atomic E-state index is 0. The summed E-state index contributed by atoms with van der Waals surface area (Å²) in [6, 6.07) is 8.10. The molecule has 1 atom stereocenters. The Bertz CT molecular complexity index is 483. The molecule has 0 aliphatic heterocycles. The Labute approximate surface area is 144 Å². The Balaban J connectivity index is 0.00000220. The van der Waals surface area contributed by atoms with Gasteiger partial charge in [-0.3, -0.25) is 0 Å². The molecular formula is C16H26IN3O. The lowest BCUT2D eigenvalue weighted by Gasteiger charge is -2.41. The standard InChI is InChI=1S/C16H25N3O.HI/c1-11(2)20-13-7-5-12(6-8-13)18-15(17)19-14-9-10-16(14,3)4;/h5-8,11,14H,9-10H2,1-4H3,(H3,17,18,19);1H. The molecule has 0 spiro atoms. The number of nitrogens with one attached hydrogen (secondary N) is 1. The lowest BCUT2D eigenvalue weighted by molar-refractivity contribution is 0.145. The second kappa shape index (κ2) is 7.33. The Morgan fingerprint density at radius 1 is 1.33 bits per heavy atom. The van der Waals surface area contributed by atoms with Crippen LogP contribution in [0.1, 0.15) is 40.5 Å². The van der Waals surface area contributed by atoms with Gasteiger partial charge in [-0.05, 0) is 56.4 Å². The number of hydrogen-bond acceptors (Lipinski definition) is 2. The van der Waals surface area contributed by atoms with Crippen molar-refractivity contribution in [3.63, 3.8) is 0 Å². The van der Waals surface area contributed by atoms with Crippen molar-refractivity contribution in [2.75, 3.05) is 5.32 Å². The van der Waals surface area contributed by atoms with Crippen LogP contribution in [-0.2, 0) is 0 Å². The van der Waals surface area contributed by atoms with Gasteiger partial charge in [0.15, 0.2) is 5.96 Å². The van der Waals surface area contributed by atoms with Crippen molar-refractivity contribution in [1.29, 1.82) is 0 Å². The van der Waals surface area contributed by atoms with Gasteiger partial charge >= 0.3 is 0 Å². The minimum Gasteiger partial charge on any atom is -0.491 e. The van der Waals surface area contributed by atoms with Crippen molar-refractivity contribution in [1.82, 2.24) is 0 Å². The summed E-state index contributed by atoms with van der Waals surface area (Å²) in [5.41, 5.74) is 7.17. The van der Waals surface area contributed by atoms with Crippen LogP contribution in [0.15, 0.2) is 29.3 Å². The first kappa shape index (κ1) is 18.1. The molecular weight excluding hydrogens is 377 g/mol.